The minimum Gasteiger partial charge on any atom is -0.376 e. The molecule has 0 bridgehead atoms. The molecule has 0 aliphatic carbocycles. The maximum absolute atomic E-state index is 11.9. The molecule has 1 amide bonds. The molecule has 2 rings (SSSR count). The molecule has 120 valence electrons. The van der Waals surface area contributed by atoms with E-state index in [2.05, 4.69) is 10.6 Å². The number of carbonyl (C=O) groups excluding carboxylic acids is 1. The first-order valence-corrected chi connectivity index (χ1v) is 7.34. The van der Waals surface area contributed by atoms with Gasteiger partial charge >= 0.3 is 0 Å². The zero-order valence-electron chi connectivity index (χ0n) is 12.5. The number of rotatable bonds is 6. The lowest BCUT2D eigenvalue weighted by Gasteiger charge is -2.10. The normalized spacial score (nSPS) is 10.2. The van der Waals surface area contributed by atoms with Crippen LogP contribution in [0, 0.1) is 17.0 Å². The van der Waals surface area contributed by atoms with Crippen LogP contribution in [0.15, 0.2) is 42.5 Å². The average molecular weight is 334 g/mol. The van der Waals surface area contributed by atoms with Gasteiger partial charge in [-0.3, -0.25) is 14.9 Å². The van der Waals surface area contributed by atoms with Gasteiger partial charge in [-0.05, 0) is 30.7 Å². The van der Waals surface area contributed by atoms with Crippen LogP contribution in [0.5, 0.6) is 0 Å². The zero-order chi connectivity index (χ0) is 16.8. The third-order valence-electron chi connectivity index (χ3n) is 3.34. The van der Waals surface area contributed by atoms with Gasteiger partial charge in [0.2, 0.25) is 5.91 Å². The number of carbonyl (C=O) groups is 1. The van der Waals surface area contributed by atoms with Crippen LogP contribution in [-0.2, 0) is 11.3 Å². The van der Waals surface area contributed by atoms with E-state index in [-0.39, 0.29) is 18.1 Å². The Bertz CT molecular complexity index is 717. The van der Waals surface area contributed by atoms with Gasteiger partial charge in [0.05, 0.1) is 11.5 Å². The fourth-order valence-corrected chi connectivity index (χ4v) is 2.18. The number of hydrogen-bond acceptors (Lipinski definition) is 4. The second-order valence-corrected chi connectivity index (χ2v) is 5.40. The summed E-state index contributed by atoms with van der Waals surface area (Å²) < 4.78 is 0. The number of halogens is 1. The van der Waals surface area contributed by atoms with Crippen molar-refractivity contribution in [2.24, 2.45) is 0 Å². The highest BCUT2D eigenvalue weighted by molar-refractivity contribution is 6.30. The first-order valence-electron chi connectivity index (χ1n) is 6.96. The number of hydrogen-bond donors (Lipinski definition) is 2. The molecule has 0 saturated carbocycles. The summed E-state index contributed by atoms with van der Waals surface area (Å²) in [5, 5.41) is 17.2. The van der Waals surface area contributed by atoms with Crippen molar-refractivity contribution in [3.8, 4) is 0 Å². The second kappa shape index (κ2) is 7.60. The Kier molecular flexibility index (Phi) is 5.54. The molecule has 23 heavy (non-hydrogen) atoms. The van der Waals surface area contributed by atoms with E-state index in [1.807, 2.05) is 12.1 Å². The van der Waals surface area contributed by atoms with E-state index in [9.17, 15) is 14.9 Å². The van der Waals surface area contributed by atoms with Crippen LogP contribution >= 0.6 is 11.6 Å². The summed E-state index contributed by atoms with van der Waals surface area (Å²) in [4.78, 5) is 22.3. The molecule has 2 N–H and O–H groups in total. The first kappa shape index (κ1) is 16.8. The largest absolute Gasteiger partial charge is 0.376 e. The van der Waals surface area contributed by atoms with Crippen molar-refractivity contribution in [1.29, 1.82) is 0 Å². The van der Waals surface area contributed by atoms with Gasteiger partial charge < -0.3 is 10.6 Å². The lowest BCUT2D eigenvalue weighted by atomic mass is 10.1. The Labute approximate surface area is 138 Å². The fraction of sp³-hybridized carbons (Fsp3) is 0.188. The average Bonchev–Trinajstić information content (AvgIpc) is 2.53. The third-order valence-corrected chi connectivity index (χ3v) is 3.60. The predicted octanol–water partition coefficient (Wildman–Crippen LogP) is 3.28. The SMILES string of the molecule is Cc1c(NCC(=O)NCc2ccc(Cl)cc2)cccc1[N+](=O)[O-]. The van der Waals surface area contributed by atoms with Crippen LogP contribution in [0.3, 0.4) is 0 Å². The van der Waals surface area contributed by atoms with E-state index in [1.165, 1.54) is 6.07 Å². The Morgan fingerprint density at radius 2 is 1.91 bits per heavy atom. The molecule has 0 radical (unpaired) electrons. The van der Waals surface area contributed by atoms with Gasteiger partial charge in [0.25, 0.3) is 5.69 Å². The molecule has 7 heteroatoms. The van der Waals surface area contributed by atoms with Crippen LogP contribution in [-0.4, -0.2) is 17.4 Å². The number of benzene rings is 2. The molecule has 0 aromatic heterocycles. The molecule has 0 fully saturated rings. The standard InChI is InChI=1S/C16H16ClN3O3/c1-11-14(3-2-4-15(11)20(22)23)18-10-16(21)19-9-12-5-7-13(17)8-6-12/h2-8,18H,9-10H2,1H3,(H,19,21). The highest BCUT2D eigenvalue weighted by atomic mass is 35.5. The third kappa shape index (κ3) is 4.69. The number of nitrogens with zero attached hydrogens (tertiary/aromatic N) is 1. The first-order chi connectivity index (χ1) is 11.0. The van der Waals surface area contributed by atoms with Crippen molar-refractivity contribution >= 4 is 28.9 Å². The Morgan fingerprint density at radius 1 is 1.22 bits per heavy atom. The summed E-state index contributed by atoms with van der Waals surface area (Å²) in [5.41, 5.74) is 2.04. The number of nitrogens with one attached hydrogen (secondary N) is 2. The quantitative estimate of drug-likeness (QED) is 0.627. The van der Waals surface area contributed by atoms with Crippen molar-refractivity contribution in [2.45, 2.75) is 13.5 Å². The monoisotopic (exact) mass is 333 g/mol. The smallest absolute Gasteiger partial charge is 0.274 e. The fourth-order valence-electron chi connectivity index (χ4n) is 2.05. The van der Waals surface area contributed by atoms with Gasteiger partial charge in [-0.2, -0.15) is 0 Å². The number of nitro groups is 1. The summed E-state index contributed by atoms with van der Waals surface area (Å²) in [6.07, 6.45) is 0. The Morgan fingerprint density at radius 3 is 2.57 bits per heavy atom. The predicted molar refractivity (Wildman–Crippen MR) is 89.6 cm³/mol. The van der Waals surface area contributed by atoms with Gasteiger partial charge in [-0.15, -0.1) is 0 Å². The molecule has 0 heterocycles. The number of anilines is 1. The number of amides is 1. The lowest BCUT2D eigenvalue weighted by molar-refractivity contribution is -0.385. The molecule has 0 saturated heterocycles. The van der Waals surface area contributed by atoms with E-state index in [1.54, 1.807) is 31.2 Å². The molecule has 0 aliphatic heterocycles. The molecular formula is C16H16ClN3O3. The minimum absolute atomic E-state index is 0.0246. The van der Waals surface area contributed by atoms with Crippen LogP contribution in [0.1, 0.15) is 11.1 Å². The molecular weight excluding hydrogens is 318 g/mol. The van der Waals surface area contributed by atoms with Gasteiger partial charge in [0.1, 0.15) is 0 Å². The molecule has 0 spiro atoms. The maximum atomic E-state index is 11.9. The summed E-state index contributed by atoms with van der Waals surface area (Å²) >= 11 is 5.80. The molecule has 0 unspecified atom stereocenters. The molecule has 6 nitrogen and oxygen atoms in total. The topological polar surface area (TPSA) is 84.3 Å². The molecule has 2 aromatic carbocycles. The van der Waals surface area contributed by atoms with E-state index in [0.29, 0.717) is 22.8 Å². The molecule has 2 aromatic rings. The van der Waals surface area contributed by atoms with Crippen molar-refractivity contribution in [3.05, 3.63) is 68.7 Å². The highest BCUT2D eigenvalue weighted by Gasteiger charge is 2.13. The summed E-state index contributed by atoms with van der Waals surface area (Å²) in [6, 6.07) is 11.9. The van der Waals surface area contributed by atoms with Gasteiger partial charge in [-0.1, -0.05) is 29.8 Å². The summed E-state index contributed by atoms with van der Waals surface area (Å²) in [6.45, 7) is 2.08. The van der Waals surface area contributed by atoms with Crippen molar-refractivity contribution in [3.63, 3.8) is 0 Å². The van der Waals surface area contributed by atoms with E-state index in [4.69, 9.17) is 11.6 Å². The van der Waals surface area contributed by atoms with E-state index >= 15 is 0 Å². The van der Waals surface area contributed by atoms with Crippen LogP contribution < -0.4 is 10.6 Å². The van der Waals surface area contributed by atoms with Crippen LogP contribution in [0.25, 0.3) is 0 Å². The summed E-state index contributed by atoms with van der Waals surface area (Å²) in [7, 11) is 0. The van der Waals surface area contributed by atoms with Crippen molar-refractivity contribution in [2.75, 3.05) is 11.9 Å². The van der Waals surface area contributed by atoms with Gasteiger partial charge in [0.15, 0.2) is 0 Å². The van der Waals surface area contributed by atoms with E-state index in [0.717, 1.165) is 5.56 Å². The van der Waals surface area contributed by atoms with Crippen LogP contribution in [0.4, 0.5) is 11.4 Å². The highest BCUT2D eigenvalue weighted by Crippen LogP contribution is 2.24. The maximum Gasteiger partial charge on any atom is 0.274 e. The van der Waals surface area contributed by atoms with Crippen LogP contribution in [0.2, 0.25) is 5.02 Å². The lowest BCUT2D eigenvalue weighted by Crippen LogP contribution is -2.29. The minimum atomic E-state index is -0.443. The number of nitro benzene ring substituents is 1. The Hall–Kier alpha value is -2.60. The van der Waals surface area contributed by atoms with Gasteiger partial charge in [0, 0.05) is 28.9 Å². The Balaban J connectivity index is 1.88. The summed E-state index contributed by atoms with van der Waals surface area (Å²) in [5.74, 6) is -0.203. The molecule has 0 atom stereocenters. The second-order valence-electron chi connectivity index (χ2n) is 4.96. The van der Waals surface area contributed by atoms with E-state index < -0.39 is 4.92 Å². The van der Waals surface area contributed by atoms with Crippen molar-refractivity contribution < 1.29 is 9.72 Å². The van der Waals surface area contributed by atoms with Crippen molar-refractivity contribution in [1.82, 2.24) is 5.32 Å². The zero-order valence-corrected chi connectivity index (χ0v) is 13.3. The van der Waals surface area contributed by atoms with Gasteiger partial charge in [-0.25, -0.2) is 0 Å². The molecule has 0 aliphatic rings.